The normalized spacial score (nSPS) is 25.4. The average Bonchev–Trinajstić information content (AvgIpc) is 3.01. The summed E-state index contributed by atoms with van der Waals surface area (Å²) in [6.07, 6.45) is 2.89. The number of halogens is 3. The maximum atomic E-state index is 13.7. The maximum Gasteiger partial charge on any atom is 0.430 e. The van der Waals surface area contributed by atoms with Crippen molar-refractivity contribution < 1.29 is 46.9 Å². The highest BCUT2D eigenvalue weighted by atomic mass is 19.4. The number of para-hydroxylation sites is 1. The predicted octanol–water partition coefficient (Wildman–Crippen LogP) is 4.37. The molecule has 6 rings (SSSR count). The van der Waals surface area contributed by atoms with Crippen LogP contribution in [0.1, 0.15) is 56.9 Å². The van der Waals surface area contributed by atoms with Crippen LogP contribution in [-0.4, -0.2) is 66.6 Å². The molecule has 2 aromatic rings. The monoisotopic (exact) mass is 591 g/mol. The first kappa shape index (κ1) is 31.8. The van der Waals surface area contributed by atoms with E-state index in [1.54, 1.807) is 0 Å². The number of benzene rings is 2. The molecule has 1 aliphatic carbocycles. The number of esters is 1. The Hall–Kier alpha value is -3.11. The lowest BCUT2D eigenvalue weighted by molar-refractivity contribution is -0.946. The second-order valence-electron chi connectivity index (χ2n) is 11.7. The molecule has 3 heterocycles. The van der Waals surface area contributed by atoms with Crippen LogP contribution in [0.5, 0.6) is 5.75 Å². The zero-order valence-electron chi connectivity index (χ0n) is 23.8. The molecule has 2 aromatic carbocycles. The van der Waals surface area contributed by atoms with E-state index < -0.39 is 23.7 Å². The van der Waals surface area contributed by atoms with Crippen molar-refractivity contribution in [3.8, 4) is 5.75 Å². The van der Waals surface area contributed by atoms with Gasteiger partial charge in [0.05, 0.1) is 26.2 Å². The summed E-state index contributed by atoms with van der Waals surface area (Å²) >= 11 is 0. The molecule has 230 valence electrons. The van der Waals surface area contributed by atoms with E-state index in [4.69, 9.17) is 19.4 Å². The highest BCUT2D eigenvalue weighted by molar-refractivity contribution is 5.81. The van der Waals surface area contributed by atoms with E-state index in [9.17, 15) is 23.1 Å². The Kier molecular flexibility index (Phi) is 10.5. The van der Waals surface area contributed by atoms with E-state index in [0.717, 1.165) is 81.4 Å². The number of rotatable bonds is 9. The SMILES string of the molecule is O=C(O[C@H]1C[N+]2(CCCOc3ccccc3)CCC1CC2)[C@](O)(c1ccccc1)C1CCCCC1.O=C([O-])C(F)(F)F. The second-order valence-corrected chi connectivity index (χ2v) is 11.7. The second kappa shape index (κ2) is 13.9. The van der Waals surface area contributed by atoms with Crippen LogP contribution in [0.15, 0.2) is 60.7 Å². The predicted molar refractivity (Wildman–Crippen MR) is 147 cm³/mol. The Bertz CT molecular complexity index is 1150. The van der Waals surface area contributed by atoms with Crippen molar-refractivity contribution in [1.82, 2.24) is 0 Å². The zero-order valence-corrected chi connectivity index (χ0v) is 23.8. The van der Waals surface area contributed by atoms with Crippen molar-refractivity contribution in [2.24, 2.45) is 11.8 Å². The molecule has 1 N–H and O–H groups in total. The Morgan fingerprint density at radius 3 is 2.05 bits per heavy atom. The van der Waals surface area contributed by atoms with Gasteiger partial charge in [0.25, 0.3) is 0 Å². The minimum atomic E-state index is -5.19. The van der Waals surface area contributed by atoms with Crippen LogP contribution in [0, 0.1) is 11.8 Å². The Balaban J connectivity index is 0.000000517. The van der Waals surface area contributed by atoms with E-state index >= 15 is 0 Å². The van der Waals surface area contributed by atoms with Crippen LogP contribution in [0.2, 0.25) is 0 Å². The molecule has 0 amide bonds. The van der Waals surface area contributed by atoms with Crippen molar-refractivity contribution in [3.63, 3.8) is 0 Å². The Morgan fingerprint density at radius 2 is 1.48 bits per heavy atom. The molecule has 10 heteroatoms. The summed E-state index contributed by atoms with van der Waals surface area (Å²) in [5, 5.41) is 20.7. The molecule has 0 spiro atoms. The van der Waals surface area contributed by atoms with Gasteiger partial charge in [0, 0.05) is 31.1 Å². The summed E-state index contributed by atoms with van der Waals surface area (Å²) in [6.45, 7) is 4.90. The van der Waals surface area contributed by atoms with Crippen LogP contribution in [0.25, 0.3) is 0 Å². The van der Waals surface area contributed by atoms with Gasteiger partial charge >= 0.3 is 12.1 Å². The number of nitrogens with zero attached hydrogens (tertiary/aromatic N) is 1. The minimum Gasteiger partial charge on any atom is -0.542 e. The molecule has 0 aromatic heterocycles. The van der Waals surface area contributed by atoms with Gasteiger partial charge in [0.1, 0.15) is 18.3 Å². The molecule has 1 saturated carbocycles. The molecular weight excluding hydrogens is 551 g/mol. The summed E-state index contributed by atoms with van der Waals surface area (Å²) in [6, 6.07) is 19.5. The molecule has 2 bridgehead atoms. The highest BCUT2D eigenvalue weighted by Crippen LogP contribution is 2.42. The molecule has 7 nitrogen and oxygen atoms in total. The summed E-state index contributed by atoms with van der Waals surface area (Å²) in [4.78, 5) is 22.5. The lowest BCUT2D eigenvalue weighted by Crippen LogP contribution is -2.65. The molecule has 2 atom stereocenters. The maximum absolute atomic E-state index is 13.7. The number of aliphatic carboxylic acids is 1. The zero-order chi connectivity index (χ0) is 30.2. The number of piperidine rings is 3. The lowest BCUT2D eigenvalue weighted by Gasteiger charge is -2.52. The number of fused-ring (bicyclic) bond motifs is 3. The van der Waals surface area contributed by atoms with Gasteiger partial charge in [0.2, 0.25) is 0 Å². The first-order chi connectivity index (χ1) is 20.0. The third-order valence-corrected chi connectivity index (χ3v) is 9.04. The number of aliphatic hydroxyl groups is 1. The van der Waals surface area contributed by atoms with Gasteiger partial charge in [-0.2, -0.15) is 13.2 Å². The van der Waals surface area contributed by atoms with Gasteiger partial charge in [-0.25, -0.2) is 4.79 Å². The number of hydrogen-bond donors (Lipinski definition) is 1. The van der Waals surface area contributed by atoms with Crippen molar-refractivity contribution in [2.75, 3.05) is 32.8 Å². The van der Waals surface area contributed by atoms with Gasteiger partial charge in [-0.15, -0.1) is 0 Å². The number of alkyl halides is 3. The van der Waals surface area contributed by atoms with E-state index in [0.29, 0.717) is 18.1 Å². The van der Waals surface area contributed by atoms with Crippen molar-refractivity contribution in [3.05, 3.63) is 66.2 Å². The van der Waals surface area contributed by atoms with Crippen molar-refractivity contribution >= 4 is 11.9 Å². The summed E-state index contributed by atoms with van der Waals surface area (Å²) < 4.78 is 44.7. The van der Waals surface area contributed by atoms with Gasteiger partial charge in [0.15, 0.2) is 11.7 Å². The van der Waals surface area contributed by atoms with E-state index in [-0.39, 0.29) is 12.0 Å². The summed E-state index contributed by atoms with van der Waals surface area (Å²) in [5.41, 5.74) is -0.873. The van der Waals surface area contributed by atoms with Gasteiger partial charge in [-0.3, -0.25) is 0 Å². The number of hydrogen-bond acceptors (Lipinski definition) is 6. The number of ether oxygens (including phenoxy) is 2. The number of carbonyl (C=O) groups is 2. The van der Waals surface area contributed by atoms with Crippen LogP contribution >= 0.6 is 0 Å². The number of carboxylic acid groups (broad SMARTS) is 1. The van der Waals surface area contributed by atoms with Crippen LogP contribution in [0.3, 0.4) is 0 Å². The van der Waals surface area contributed by atoms with Crippen LogP contribution < -0.4 is 9.84 Å². The van der Waals surface area contributed by atoms with Crippen LogP contribution in [0.4, 0.5) is 13.2 Å². The fourth-order valence-corrected chi connectivity index (χ4v) is 6.74. The highest BCUT2D eigenvalue weighted by Gasteiger charge is 2.52. The molecule has 3 aliphatic heterocycles. The Morgan fingerprint density at radius 1 is 0.905 bits per heavy atom. The van der Waals surface area contributed by atoms with Crippen molar-refractivity contribution in [1.29, 1.82) is 0 Å². The van der Waals surface area contributed by atoms with E-state index in [2.05, 4.69) is 0 Å². The Labute approximate surface area is 244 Å². The summed E-state index contributed by atoms with van der Waals surface area (Å²) in [5.74, 6) is -2.19. The first-order valence-electron chi connectivity index (χ1n) is 14.8. The van der Waals surface area contributed by atoms with Gasteiger partial charge in [-0.1, -0.05) is 67.8 Å². The fraction of sp³-hybridized carbons (Fsp3) is 0.562. The molecular formula is C32H40F3NO6. The molecule has 0 radical (unpaired) electrons. The molecule has 4 fully saturated rings. The van der Waals surface area contributed by atoms with E-state index in [1.165, 1.54) is 6.42 Å². The smallest absolute Gasteiger partial charge is 0.430 e. The third kappa shape index (κ3) is 7.83. The minimum absolute atomic E-state index is 0.0782. The van der Waals surface area contributed by atoms with Crippen LogP contribution in [-0.2, 0) is 19.9 Å². The number of carboxylic acids is 1. The molecule has 3 saturated heterocycles. The van der Waals surface area contributed by atoms with Crippen molar-refractivity contribution in [2.45, 2.75) is 69.2 Å². The largest absolute Gasteiger partial charge is 0.542 e. The topological polar surface area (TPSA) is 95.9 Å². The standard InChI is InChI=1S/C30H40NO4.C2HF3O2/c32-29(30(33,25-11-4-1-5-12-25)26-13-6-2-7-14-26)35-28-23-31(20-17-24(28)18-21-31)19-10-22-34-27-15-8-3-9-16-27;3-2(4,5)1(6)7/h1,3-5,8-9,11-12,15-16,24,26,28,33H,2,6-7,10,13-14,17-23H2;(H,6,7)/q+1;/p-1/t24?,28-,30-,31?;/m0./s1. The lowest BCUT2D eigenvalue weighted by atomic mass is 9.73. The van der Waals surface area contributed by atoms with Gasteiger partial charge < -0.3 is 29.0 Å². The third-order valence-electron chi connectivity index (χ3n) is 9.04. The van der Waals surface area contributed by atoms with E-state index in [1.807, 2.05) is 60.7 Å². The molecule has 4 aliphatic rings. The number of carbonyl (C=O) groups excluding carboxylic acids is 2. The molecule has 42 heavy (non-hydrogen) atoms. The number of quaternary nitrogens is 1. The summed E-state index contributed by atoms with van der Waals surface area (Å²) in [7, 11) is 0. The van der Waals surface area contributed by atoms with Gasteiger partial charge in [-0.05, 0) is 30.5 Å². The average molecular weight is 592 g/mol. The first-order valence-corrected chi connectivity index (χ1v) is 14.8. The molecule has 0 unspecified atom stereocenters. The fourth-order valence-electron chi connectivity index (χ4n) is 6.74. The quantitative estimate of drug-likeness (QED) is 0.264.